The topological polar surface area (TPSA) is 55.8 Å². The number of nitrogens with one attached hydrogen (secondary N) is 1. The maximum atomic E-state index is 12.5. The first-order valence-electron chi connectivity index (χ1n) is 8.54. The number of hydrogen-bond donors (Lipinski definition) is 2. The normalized spacial score (nSPS) is 13.5. The number of rotatable bonds is 4. The molecule has 5 heteroatoms. The summed E-state index contributed by atoms with van der Waals surface area (Å²) >= 11 is 0. The molecule has 0 aromatic heterocycles. The highest BCUT2D eigenvalue weighted by Gasteiger charge is 2.24. The van der Waals surface area contributed by atoms with E-state index in [1.54, 1.807) is 20.9 Å². The minimum Gasteiger partial charge on any atom is -0.389 e. The van der Waals surface area contributed by atoms with Crippen molar-refractivity contribution >= 4 is 23.1 Å². The molecule has 0 saturated heterocycles. The second kappa shape index (κ2) is 6.76. The lowest BCUT2D eigenvalue weighted by molar-refractivity contribution is 0.0550. The van der Waals surface area contributed by atoms with E-state index in [1.165, 1.54) is 16.2 Å². The van der Waals surface area contributed by atoms with Crippen LogP contribution in [0, 0.1) is 0 Å². The molecule has 2 amide bonds. The summed E-state index contributed by atoms with van der Waals surface area (Å²) in [5, 5.41) is 12.9. The molecule has 0 aliphatic carbocycles. The van der Waals surface area contributed by atoms with E-state index < -0.39 is 5.60 Å². The molecule has 0 fully saturated rings. The largest absolute Gasteiger partial charge is 0.389 e. The molecular formula is C20H25N3O2. The van der Waals surface area contributed by atoms with Crippen LogP contribution in [0.1, 0.15) is 19.4 Å². The van der Waals surface area contributed by atoms with Crippen LogP contribution in [-0.4, -0.2) is 41.8 Å². The van der Waals surface area contributed by atoms with E-state index in [1.807, 2.05) is 30.3 Å². The molecule has 0 unspecified atom stereocenters. The lowest BCUT2D eigenvalue weighted by atomic mass is 10.1. The van der Waals surface area contributed by atoms with Gasteiger partial charge in [-0.05, 0) is 44.0 Å². The molecule has 0 saturated carbocycles. The number of anilines is 3. The van der Waals surface area contributed by atoms with Gasteiger partial charge < -0.3 is 20.2 Å². The molecule has 0 radical (unpaired) electrons. The SMILES string of the molecule is CN(CC(C)(C)O)C(=O)Nc1ccccc1N1CCc2ccccc21. The van der Waals surface area contributed by atoms with Crippen LogP contribution in [0.3, 0.4) is 0 Å². The summed E-state index contributed by atoms with van der Waals surface area (Å²) in [4.78, 5) is 16.2. The molecular weight excluding hydrogens is 314 g/mol. The predicted octanol–water partition coefficient (Wildman–Crippen LogP) is 3.62. The molecule has 2 aromatic rings. The number of carbonyl (C=O) groups excluding carboxylic acids is 1. The molecule has 2 aromatic carbocycles. The molecule has 5 nitrogen and oxygen atoms in total. The Morgan fingerprint density at radius 2 is 1.80 bits per heavy atom. The lowest BCUT2D eigenvalue weighted by Gasteiger charge is -2.27. The first-order chi connectivity index (χ1) is 11.8. The van der Waals surface area contributed by atoms with E-state index in [-0.39, 0.29) is 12.6 Å². The summed E-state index contributed by atoms with van der Waals surface area (Å²) in [6.45, 7) is 4.52. The number of para-hydroxylation sites is 3. The predicted molar refractivity (Wildman–Crippen MR) is 102 cm³/mol. The van der Waals surface area contributed by atoms with Gasteiger partial charge in [-0.3, -0.25) is 0 Å². The van der Waals surface area contributed by atoms with Crippen LogP contribution in [0.25, 0.3) is 0 Å². The summed E-state index contributed by atoms with van der Waals surface area (Å²) in [5.41, 5.74) is 3.33. The minimum absolute atomic E-state index is 0.234. The van der Waals surface area contributed by atoms with Crippen molar-refractivity contribution in [2.45, 2.75) is 25.9 Å². The molecule has 0 spiro atoms. The van der Waals surface area contributed by atoms with Gasteiger partial charge in [0.2, 0.25) is 0 Å². The van der Waals surface area contributed by atoms with Gasteiger partial charge >= 0.3 is 6.03 Å². The van der Waals surface area contributed by atoms with Crippen LogP contribution in [0.5, 0.6) is 0 Å². The van der Waals surface area contributed by atoms with Crippen LogP contribution < -0.4 is 10.2 Å². The van der Waals surface area contributed by atoms with Gasteiger partial charge in [0, 0.05) is 19.3 Å². The minimum atomic E-state index is -0.931. The smallest absolute Gasteiger partial charge is 0.321 e. The summed E-state index contributed by atoms with van der Waals surface area (Å²) in [7, 11) is 1.68. The van der Waals surface area contributed by atoms with Crippen molar-refractivity contribution in [3.63, 3.8) is 0 Å². The second-order valence-electron chi connectivity index (χ2n) is 7.15. The zero-order valence-electron chi connectivity index (χ0n) is 15.0. The molecule has 132 valence electrons. The summed E-state index contributed by atoms with van der Waals surface area (Å²) in [6.07, 6.45) is 0.997. The van der Waals surface area contributed by atoms with Gasteiger partial charge in [0.05, 0.1) is 23.5 Å². The average molecular weight is 339 g/mol. The zero-order valence-corrected chi connectivity index (χ0v) is 15.0. The number of urea groups is 1. The fourth-order valence-electron chi connectivity index (χ4n) is 3.27. The van der Waals surface area contributed by atoms with E-state index >= 15 is 0 Å². The maximum absolute atomic E-state index is 12.5. The standard InChI is InChI=1S/C20H25N3O2/c1-20(2,25)14-22(3)19(24)21-16-9-5-7-11-18(16)23-13-12-15-8-4-6-10-17(15)23/h4-11,25H,12-14H2,1-3H3,(H,21,24). The monoisotopic (exact) mass is 339 g/mol. The van der Waals surface area contributed by atoms with Crippen molar-refractivity contribution in [2.24, 2.45) is 0 Å². The highest BCUT2D eigenvalue weighted by Crippen LogP contribution is 2.38. The van der Waals surface area contributed by atoms with Crippen molar-refractivity contribution in [2.75, 3.05) is 30.4 Å². The number of likely N-dealkylation sites (N-methyl/N-ethyl adjacent to an activating group) is 1. The number of nitrogens with zero attached hydrogens (tertiary/aromatic N) is 2. The van der Waals surface area contributed by atoms with Crippen molar-refractivity contribution in [3.05, 3.63) is 54.1 Å². The number of fused-ring (bicyclic) bond motifs is 1. The molecule has 0 bridgehead atoms. The molecule has 2 N–H and O–H groups in total. The van der Waals surface area contributed by atoms with Crippen LogP contribution in [-0.2, 0) is 6.42 Å². The van der Waals surface area contributed by atoms with Crippen LogP contribution in [0.4, 0.5) is 21.9 Å². The van der Waals surface area contributed by atoms with Gasteiger partial charge in [0.25, 0.3) is 0 Å². The lowest BCUT2D eigenvalue weighted by Crippen LogP contribution is -2.41. The zero-order chi connectivity index (χ0) is 18.0. The average Bonchev–Trinajstić information content (AvgIpc) is 2.97. The van der Waals surface area contributed by atoms with E-state index in [2.05, 4.69) is 28.4 Å². The third kappa shape index (κ3) is 3.94. The third-order valence-corrected chi connectivity index (χ3v) is 4.29. The Kier molecular flexibility index (Phi) is 4.68. The molecule has 3 rings (SSSR count). The number of hydrogen-bond acceptors (Lipinski definition) is 3. The van der Waals surface area contributed by atoms with Crippen molar-refractivity contribution in [3.8, 4) is 0 Å². The van der Waals surface area contributed by atoms with Crippen molar-refractivity contribution in [1.82, 2.24) is 4.90 Å². The molecule has 1 aliphatic rings. The molecule has 0 atom stereocenters. The Morgan fingerprint density at radius 1 is 1.16 bits per heavy atom. The highest BCUT2D eigenvalue weighted by atomic mass is 16.3. The first kappa shape index (κ1) is 17.3. The van der Waals surface area contributed by atoms with Crippen LogP contribution in [0.15, 0.2) is 48.5 Å². The van der Waals surface area contributed by atoms with Crippen molar-refractivity contribution in [1.29, 1.82) is 0 Å². The Hall–Kier alpha value is -2.53. The van der Waals surface area contributed by atoms with Crippen LogP contribution in [0.2, 0.25) is 0 Å². The number of carbonyl (C=O) groups is 1. The molecule has 1 aliphatic heterocycles. The van der Waals surface area contributed by atoms with Gasteiger partial charge in [0.1, 0.15) is 0 Å². The Balaban J connectivity index is 1.82. The fourth-order valence-corrected chi connectivity index (χ4v) is 3.27. The van der Waals surface area contributed by atoms with Gasteiger partial charge in [0.15, 0.2) is 0 Å². The fraction of sp³-hybridized carbons (Fsp3) is 0.350. The van der Waals surface area contributed by atoms with E-state index in [9.17, 15) is 9.90 Å². The molecule has 25 heavy (non-hydrogen) atoms. The Bertz CT molecular complexity index is 768. The van der Waals surface area contributed by atoms with Gasteiger partial charge in [-0.2, -0.15) is 0 Å². The quantitative estimate of drug-likeness (QED) is 0.894. The maximum Gasteiger partial charge on any atom is 0.321 e. The molecule has 1 heterocycles. The Labute approximate surface area is 148 Å². The van der Waals surface area contributed by atoms with Crippen molar-refractivity contribution < 1.29 is 9.90 Å². The number of benzene rings is 2. The summed E-state index contributed by atoms with van der Waals surface area (Å²) < 4.78 is 0. The van der Waals surface area contributed by atoms with E-state index in [4.69, 9.17) is 0 Å². The number of aliphatic hydroxyl groups is 1. The van der Waals surface area contributed by atoms with Gasteiger partial charge in [-0.15, -0.1) is 0 Å². The summed E-state index contributed by atoms with van der Waals surface area (Å²) in [6, 6.07) is 15.9. The Morgan fingerprint density at radius 3 is 2.52 bits per heavy atom. The van der Waals surface area contributed by atoms with Gasteiger partial charge in [-0.25, -0.2) is 4.79 Å². The first-order valence-corrected chi connectivity index (χ1v) is 8.54. The number of amides is 2. The summed E-state index contributed by atoms with van der Waals surface area (Å²) in [5.74, 6) is 0. The van der Waals surface area contributed by atoms with E-state index in [0.717, 1.165) is 24.3 Å². The third-order valence-electron chi connectivity index (χ3n) is 4.29. The van der Waals surface area contributed by atoms with E-state index in [0.29, 0.717) is 0 Å². The van der Waals surface area contributed by atoms with Gasteiger partial charge in [-0.1, -0.05) is 30.3 Å². The highest BCUT2D eigenvalue weighted by molar-refractivity contribution is 5.94. The van der Waals surface area contributed by atoms with Crippen LogP contribution >= 0.6 is 0 Å². The second-order valence-corrected chi connectivity index (χ2v) is 7.15.